The molecule has 1 amide bonds. The van der Waals surface area contributed by atoms with Crippen LogP contribution in [-0.2, 0) is 10.2 Å². The normalized spacial score (nSPS) is 23.9. The van der Waals surface area contributed by atoms with Gasteiger partial charge in [0.1, 0.15) is 11.5 Å². The van der Waals surface area contributed by atoms with Gasteiger partial charge in [-0.2, -0.15) is 0 Å². The summed E-state index contributed by atoms with van der Waals surface area (Å²) in [4.78, 5) is 45.6. The van der Waals surface area contributed by atoms with Gasteiger partial charge in [-0.15, -0.1) is 0 Å². The Bertz CT molecular complexity index is 1750. The number of anilines is 1. The number of para-hydroxylation sites is 1. The first kappa shape index (κ1) is 25.0. The maximum atomic E-state index is 14.7. The first-order valence-electron chi connectivity index (χ1n) is 13.0. The highest BCUT2D eigenvalue weighted by atomic mass is 79.9. The third kappa shape index (κ3) is 3.42. The Morgan fingerprint density at radius 2 is 1.55 bits per heavy atom. The van der Waals surface area contributed by atoms with Crippen molar-refractivity contribution in [2.45, 2.75) is 17.5 Å². The highest BCUT2D eigenvalue weighted by Gasteiger charge is 2.70. The van der Waals surface area contributed by atoms with Crippen LogP contribution in [0.2, 0.25) is 5.02 Å². The van der Waals surface area contributed by atoms with Crippen molar-refractivity contribution in [3.63, 3.8) is 0 Å². The average Bonchev–Trinajstić information content (AvgIpc) is 3.45. The van der Waals surface area contributed by atoms with Gasteiger partial charge in [-0.05, 0) is 53.1 Å². The van der Waals surface area contributed by atoms with E-state index in [4.69, 9.17) is 11.6 Å². The van der Waals surface area contributed by atoms with E-state index < -0.39 is 23.4 Å². The molecule has 4 aromatic carbocycles. The van der Waals surface area contributed by atoms with Gasteiger partial charge in [0, 0.05) is 27.5 Å². The maximum absolute atomic E-state index is 14.7. The minimum Gasteiger partial charge on any atom is -0.358 e. The number of hydrogen-bond acceptors (Lipinski definition) is 4. The Labute approximate surface area is 244 Å². The fourth-order valence-electron chi connectivity index (χ4n) is 6.78. The quantitative estimate of drug-likeness (QED) is 0.251. The molecule has 4 aromatic rings. The molecule has 1 spiro atoms. The zero-order valence-corrected chi connectivity index (χ0v) is 23.4. The van der Waals surface area contributed by atoms with E-state index in [1.807, 2.05) is 65.7 Å². The molecule has 0 aliphatic carbocycles. The van der Waals surface area contributed by atoms with Crippen LogP contribution in [0, 0.1) is 5.92 Å². The van der Waals surface area contributed by atoms with E-state index in [9.17, 15) is 14.4 Å². The molecule has 1 fully saturated rings. The van der Waals surface area contributed by atoms with Crippen molar-refractivity contribution in [3.8, 4) is 0 Å². The number of amides is 1. The molecule has 0 unspecified atom stereocenters. The molecule has 4 atom stereocenters. The monoisotopic (exact) mass is 608 g/mol. The van der Waals surface area contributed by atoms with Crippen LogP contribution in [0.5, 0.6) is 0 Å². The third-order valence-electron chi connectivity index (χ3n) is 8.39. The molecule has 5 nitrogen and oxygen atoms in total. The molecule has 0 aromatic heterocycles. The standard InChI is InChI=1S/C33H22BrClN2O3/c34-21-15-13-20(14-16-21)29(38)27-28(30(39)23-9-3-5-11-25(23)35)37-18-17-19-7-1-2-8-22(19)31(37)33(27)24-10-4-6-12-26(24)36-32(33)40/h1-18,27-28,31H,(H,36,40)/t27-,28-,31+,33+/m0/s1. The summed E-state index contributed by atoms with van der Waals surface area (Å²) in [6, 6.07) is 27.7. The van der Waals surface area contributed by atoms with E-state index in [1.54, 1.807) is 48.5 Å². The second-order valence-corrected chi connectivity index (χ2v) is 11.6. The van der Waals surface area contributed by atoms with Gasteiger partial charge >= 0.3 is 0 Å². The van der Waals surface area contributed by atoms with Crippen molar-refractivity contribution < 1.29 is 14.4 Å². The topological polar surface area (TPSA) is 66.5 Å². The summed E-state index contributed by atoms with van der Waals surface area (Å²) in [5.41, 5.74) is 2.57. The zero-order valence-electron chi connectivity index (χ0n) is 21.1. The summed E-state index contributed by atoms with van der Waals surface area (Å²) < 4.78 is 0.826. The van der Waals surface area contributed by atoms with Crippen LogP contribution in [0.4, 0.5) is 5.69 Å². The van der Waals surface area contributed by atoms with E-state index in [0.29, 0.717) is 27.4 Å². The summed E-state index contributed by atoms with van der Waals surface area (Å²) in [6.45, 7) is 0. The number of nitrogens with one attached hydrogen (secondary N) is 1. The number of hydrogen-bond donors (Lipinski definition) is 1. The molecule has 3 heterocycles. The predicted octanol–water partition coefficient (Wildman–Crippen LogP) is 7.08. The van der Waals surface area contributed by atoms with Crippen molar-refractivity contribution in [3.05, 3.63) is 141 Å². The van der Waals surface area contributed by atoms with Gasteiger partial charge in [0.05, 0.1) is 17.0 Å². The number of carbonyl (C=O) groups excluding carboxylic acids is 3. The summed E-state index contributed by atoms with van der Waals surface area (Å²) in [5, 5.41) is 3.37. The largest absolute Gasteiger partial charge is 0.358 e. The molecule has 7 rings (SSSR count). The van der Waals surface area contributed by atoms with Gasteiger partial charge in [0.25, 0.3) is 0 Å². The highest BCUT2D eigenvalue weighted by Crippen LogP contribution is 2.62. The number of benzene rings is 4. The smallest absolute Gasteiger partial charge is 0.238 e. The van der Waals surface area contributed by atoms with Gasteiger partial charge < -0.3 is 10.2 Å². The molecular weight excluding hydrogens is 588 g/mol. The van der Waals surface area contributed by atoms with Crippen molar-refractivity contribution in [1.82, 2.24) is 4.90 Å². The SMILES string of the molecule is O=C(c1ccccc1Cl)[C@@H]1[C@@H](C(=O)c2ccc(Br)cc2)[C@@]2(C(=O)Nc3ccccc32)[C@H]2c3ccccc3C=CN12. The summed E-state index contributed by atoms with van der Waals surface area (Å²) in [5.74, 6) is -1.91. The molecule has 1 N–H and O–H groups in total. The lowest BCUT2D eigenvalue weighted by Crippen LogP contribution is -2.49. The minimum absolute atomic E-state index is 0.273. The van der Waals surface area contributed by atoms with Gasteiger partial charge in [0.2, 0.25) is 5.91 Å². The molecule has 0 saturated carbocycles. The van der Waals surface area contributed by atoms with Crippen molar-refractivity contribution in [2.24, 2.45) is 5.92 Å². The number of halogens is 2. The van der Waals surface area contributed by atoms with E-state index in [0.717, 1.165) is 15.6 Å². The molecule has 7 heteroatoms. The van der Waals surface area contributed by atoms with Crippen molar-refractivity contribution in [1.29, 1.82) is 0 Å². The lowest BCUT2D eigenvalue weighted by molar-refractivity contribution is -0.122. The summed E-state index contributed by atoms with van der Waals surface area (Å²) in [6.07, 6.45) is 3.80. The van der Waals surface area contributed by atoms with Crippen LogP contribution < -0.4 is 5.32 Å². The first-order valence-corrected chi connectivity index (χ1v) is 14.1. The highest BCUT2D eigenvalue weighted by molar-refractivity contribution is 9.10. The fraction of sp³-hybridized carbons (Fsp3) is 0.121. The summed E-state index contributed by atoms with van der Waals surface area (Å²) in [7, 11) is 0. The molecule has 0 bridgehead atoms. The number of carbonyl (C=O) groups is 3. The molecule has 3 aliphatic rings. The second kappa shape index (κ2) is 9.29. The molecule has 0 radical (unpaired) electrons. The fourth-order valence-corrected chi connectivity index (χ4v) is 7.28. The number of rotatable bonds is 4. The van der Waals surface area contributed by atoms with Gasteiger partial charge in [-0.25, -0.2) is 0 Å². The van der Waals surface area contributed by atoms with E-state index in [2.05, 4.69) is 21.2 Å². The van der Waals surface area contributed by atoms with Crippen LogP contribution in [0.15, 0.2) is 108 Å². The van der Waals surface area contributed by atoms with Crippen LogP contribution in [-0.4, -0.2) is 28.4 Å². The number of fused-ring (bicyclic) bond motifs is 6. The van der Waals surface area contributed by atoms with Crippen LogP contribution in [0.25, 0.3) is 6.08 Å². The lowest BCUT2D eigenvalue weighted by Gasteiger charge is -2.38. The predicted molar refractivity (Wildman–Crippen MR) is 158 cm³/mol. The minimum atomic E-state index is -1.37. The van der Waals surface area contributed by atoms with Gasteiger partial charge in [0.15, 0.2) is 11.6 Å². The first-order chi connectivity index (χ1) is 19.4. The van der Waals surface area contributed by atoms with Crippen molar-refractivity contribution >= 4 is 56.8 Å². The van der Waals surface area contributed by atoms with Gasteiger partial charge in [-0.1, -0.05) is 94.3 Å². The van der Waals surface area contributed by atoms with Crippen molar-refractivity contribution in [2.75, 3.05) is 5.32 Å². The Balaban J connectivity index is 1.55. The third-order valence-corrected chi connectivity index (χ3v) is 9.25. The van der Waals surface area contributed by atoms with Crippen LogP contribution in [0.1, 0.15) is 43.4 Å². The molecule has 1 saturated heterocycles. The maximum Gasteiger partial charge on any atom is 0.238 e. The van der Waals surface area contributed by atoms with Gasteiger partial charge in [-0.3, -0.25) is 14.4 Å². The molecule has 196 valence electrons. The lowest BCUT2D eigenvalue weighted by atomic mass is 9.62. The zero-order chi connectivity index (χ0) is 27.6. The number of Topliss-reactive ketones (excluding diaryl/α,β-unsaturated/α-hetero) is 2. The Morgan fingerprint density at radius 3 is 2.35 bits per heavy atom. The molecular formula is C33H22BrClN2O3. The number of ketones is 2. The van der Waals surface area contributed by atoms with E-state index >= 15 is 0 Å². The second-order valence-electron chi connectivity index (χ2n) is 10.3. The number of nitrogens with zero attached hydrogens (tertiary/aromatic N) is 1. The Kier molecular flexibility index (Phi) is 5.81. The van der Waals surface area contributed by atoms with E-state index in [1.165, 1.54) is 0 Å². The van der Waals surface area contributed by atoms with E-state index in [-0.39, 0.29) is 17.5 Å². The van der Waals surface area contributed by atoms with Crippen LogP contribution in [0.3, 0.4) is 0 Å². The molecule has 3 aliphatic heterocycles. The Morgan fingerprint density at radius 1 is 0.850 bits per heavy atom. The summed E-state index contributed by atoms with van der Waals surface area (Å²) >= 11 is 10.00. The average molecular weight is 610 g/mol. The Hall–Kier alpha value is -4.00. The molecule has 40 heavy (non-hydrogen) atoms. The van der Waals surface area contributed by atoms with Crippen LogP contribution >= 0.6 is 27.5 Å².